The van der Waals surface area contributed by atoms with Gasteiger partial charge in [-0.3, -0.25) is 0 Å². The Morgan fingerprint density at radius 2 is 1.93 bits per heavy atom. The second-order valence-corrected chi connectivity index (χ2v) is 15.2. The summed E-state index contributed by atoms with van der Waals surface area (Å²) in [6.45, 7) is 16.1. The molecule has 0 spiro atoms. The topological polar surface area (TPSA) is 84.4 Å². The minimum Gasteiger partial charge on any atom is -0.416 e. The van der Waals surface area contributed by atoms with E-state index >= 15 is 0 Å². The number of imidazole rings is 1. The number of hydrogen-bond acceptors (Lipinski definition) is 6. The summed E-state index contributed by atoms with van der Waals surface area (Å²) in [6, 6.07) is 2.09. The van der Waals surface area contributed by atoms with E-state index in [9.17, 15) is 0 Å². The van der Waals surface area contributed by atoms with Crippen molar-refractivity contribution in [3.05, 3.63) is 18.6 Å². The van der Waals surface area contributed by atoms with Gasteiger partial charge < -0.3 is 24.2 Å². The van der Waals surface area contributed by atoms with E-state index in [1.54, 1.807) is 6.20 Å². The molecule has 160 valence electrons. The van der Waals surface area contributed by atoms with Crippen LogP contribution in [0.2, 0.25) is 18.1 Å². The van der Waals surface area contributed by atoms with Crippen molar-refractivity contribution in [1.82, 2.24) is 14.5 Å². The van der Waals surface area contributed by atoms with Gasteiger partial charge in [0.2, 0.25) is 0 Å². The Balaban J connectivity index is 1.62. The molecule has 0 aromatic carbocycles. The van der Waals surface area contributed by atoms with Crippen molar-refractivity contribution in [2.24, 2.45) is 5.92 Å². The Morgan fingerprint density at radius 3 is 2.62 bits per heavy atom. The fourth-order valence-electron chi connectivity index (χ4n) is 4.27. The summed E-state index contributed by atoms with van der Waals surface area (Å²) >= 11 is 0. The molecule has 29 heavy (non-hydrogen) atoms. The third-order valence-corrected chi connectivity index (χ3v) is 11.4. The summed E-state index contributed by atoms with van der Waals surface area (Å²) in [6.07, 6.45) is 4.49. The molecule has 2 N–H and O–H groups in total. The summed E-state index contributed by atoms with van der Waals surface area (Å²) < 4.78 is 21.5. The Hall–Kier alpha value is -1.48. The number of nitrogen functional groups attached to an aromatic ring is 1. The van der Waals surface area contributed by atoms with Crippen LogP contribution in [-0.2, 0) is 13.9 Å². The fourth-order valence-corrected chi connectivity index (χ4v) is 5.33. The monoisotopic (exact) mass is 418 g/mol. The molecule has 0 radical (unpaired) electrons. The lowest BCUT2D eigenvalue weighted by atomic mass is 10.1. The maximum absolute atomic E-state index is 6.57. The number of hydrogen-bond donors (Lipinski definition) is 1. The van der Waals surface area contributed by atoms with Crippen LogP contribution < -0.4 is 5.73 Å². The molecule has 2 fully saturated rings. The molecule has 0 bridgehead atoms. The fraction of sp³-hybridized carbons (Fsp3) is 0.714. The van der Waals surface area contributed by atoms with Gasteiger partial charge in [0.05, 0.1) is 24.0 Å². The Bertz CT molecular complexity index is 905. The van der Waals surface area contributed by atoms with E-state index in [0.29, 0.717) is 12.4 Å². The number of pyridine rings is 1. The van der Waals surface area contributed by atoms with Gasteiger partial charge in [-0.1, -0.05) is 20.8 Å². The van der Waals surface area contributed by atoms with Gasteiger partial charge in [0.15, 0.2) is 19.9 Å². The highest BCUT2D eigenvalue weighted by molar-refractivity contribution is 6.74. The van der Waals surface area contributed by atoms with E-state index in [1.807, 2.05) is 26.2 Å². The minimum absolute atomic E-state index is 0.0106. The predicted molar refractivity (Wildman–Crippen MR) is 116 cm³/mol. The SMILES string of the molecule is CC1(C)O[C@@H]2[C@@H](CO[Si](C)(C)C(C)(C)C)C[C@@H](n3cnc4c(N)nccc43)[C@@H]2O1. The number of aromatic nitrogens is 3. The summed E-state index contributed by atoms with van der Waals surface area (Å²) in [5, 5.41) is 0.182. The highest BCUT2D eigenvalue weighted by atomic mass is 28.4. The van der Waals surface area contributed by atoms with Crippen molar-refractivity contribution in [2.45, 2.75) is 83.2 Å². The molecule has 2 aromatic rings. The van der Waals surface area contributed by atoms with Crippen molar-refractivity contribution >= 4 is 25.2 Å². The molecule has 0 amide bonds. The van der Waals surface area contributed by atoms with Gasteiger partial charge in [-0.15, -0.1) is 0 Å². The lowest BCUT2D eigenvalue weighted by molar-refractivity contribution is -0.161. The van der Waals surface area contributed by atoms with E-state index in [-0.39, 0.29) is 29.2 Å². The Morgan fingerprint density at radius 1 is 1.24 bits per heavy atom. The summed E-state index contributed by atoms with van der Waals surface area (Å²) in [5.41, 5.74) is 7.75. The number of nitrogens with two attached hydrogens (primary N) is 1. The van der Waals surface area contributed by atoms with Crippen molar-refractivity contribution in [1.29, 1.82) is 0 Å². The second-order valence-electron chi connectivity index (χ2n) is 10.4. The number of fused-ring (bicyclic) bond motifs is 2. The zero-order valence-electron chi connectivity index (χ0n) is 18.6. The van der Waals surface area contributed by atoms with Crippen LogP contribution in [0.5, 0.6) is 0 Å². The zero-order valence-corrected chi connectivity index (χ0v) is 19.6. The quantitative estimate of drug-likeness (QED) is 0.752. The van der Waals surface area contributed by atoms with Gasteiger partial charge >= 0.3 is 0 Å². The van der Waals surface area contributed by atoms with E-state index < -0.39 is 14.1 Å². The maximum atomic E-state index is 6.57. The minimum atomic E-state index is -1.83. The van der Waals surface area contributed by atoms with Crippen LogP contribution >= 0.6 is 0 Å². The first-order valence-electron chi connectivity index (χ1n) is 10.5. The van der Waals surface area contributed by atoms with Crippen molar-refractivity contribution < 1.29 is 13.9 Å². The van der Waals surface area contributed by atoms with Crippen LogP contribution in [-0.4, -0.2) is 47.5 Å². The largest absolute Gasteiger partial charge is 0.416 e. The molecular formula is C21H34N4O3Si. The lowest BCUT2D eigenvalue weighted by Gasteiger charge is -2.37. The van der Waals surface area contributed by atoms with Crippen molar-refractivity contribution in [2.75, 3.05) is 12.3 Å². The van der Waals surface area contributed by atoms with Crippen LogP contribution in [0.25, 0.3) is 11.0 Å². The maximum Gasteiger partial charge on any atom is 0.191 e. The molecule has 1 aliphatic heterocycles. The zero-order chi connectivity index (χ0) is 21.2. The van der Waals surface area contributed by atoms with Gasteiger partial charge in [0.1, 0.15) is 11.6 Å². The smallest absolute Gasteiger partial charge is 0.191 e. The van der Waals surface area contributed by atoms with Crippen LogP contribution in [0.1, 0.15) is 47.1 Å². The first-order valence-corrected chi connectivity index (χ1v) is 13.4. The van der Waals surface area contributed by atoms with Crippen LogP contribution in [0.4, 0.5) is 5.82 Å². The highest BCUT2D eigenvalue weighted by Gasteiger charge is 2.55. The van der Waals surface area contributed by atoms with Gasteiger partial charge in [0, 0.05) is 18.7 Å². The molecular weight excluding hydrogens is 384 g/mol. The lowest BCUT2D eigenvalue weighted by Crippen LogP contribution is -2.43. The van der Waals surface area contributed by atoms with E-state index in [0.717, 1.165) is 17.5 Å². The van der Waals surface area contributed by atoms with Crippen molar-refractivity contribution in [3.8, 4) is 0 Å². The van der Waals surface area contributed by atoms with E-state index in [4.69, 9.17) is 19.6 Å². The van der Waals surface area contributed by atoms with Crippen LogP contribution in [0, 0.1) is 5.92 Å². The molecule has 7 nitrogen and oxygen atoms in total. The Labute approximate surface area is 174 Å². The molecule has 4 rings (SSSR count). The Kier molecular flexibility index (Phi) is 4.85. The summed E-state index contributed by atoms with van der Waals surface area (Å²) in [7, 11) is -1.83. The second kappa shape index (κ2) is 6.77. The normalized spacial score (nSPS) is 29.5. The number of ether oxygens (including phenoxy) is 2. The summed E-state index contributed by atoms with van der Waals surface area (Å²) in [5.74, 6) is 0.135. The molecule has 4 atom stereocenters. The van der Waals surface area contributed by atoms with E-state index in [2.05, 4.69) is 48.4 Å². The van der Waals surface area contributed by atoms with Crippen LogP contribution in [0.3, 0.4) is 0 Å². The molecule has 2 aliphatic rings. The predicted octanol–water partition coefficient (Wildman–Crippen LogP) is 4.12. The third-order valence-electron chi connectivity index (χ3n) is 6.89. The molecule has 8 heteroatoms. The van der Waals surface area contributed by atoms with Gasteiger partial charge in [-0.25, -0.2) is 9.97 Å². The molecule has 3 heterocycles. The standard InChI is InChI=1S/C21H34N4O3Si/c1-20(2,3)29(6,7)26-11-13-10-15(18-17(13)27-21(4,5)28-18)25-12-24-16-14(25)8-9-23-19(16)22/h8-9,12-13,15,17-18H,10-11H2,1-7H3,(H2,22,23)/t13-,15-,17-,18+/m1/s1. The van der Waals surface area contributed by atoms with E-state index in [1.165, 1.54) is 0 Å². The van der Waals surface area contributed by atoms with Crippen molar-refractivity contribution in [3.63, 3.8) is 0 Å². The first kappa shape index (κ1) is 20.8. The molecule has 2 aromatic heterocycles. The average molecular weight is 419 g/mol. The third kappa shape index (κ3) is 3.60. The number of rotatable bonds is 4. The highest BCUT2D eigenvalue weighted by Crippen LogP contribution is 2.48. The van der Waals surface area contributed by atoms with Crippen LogP contribution in [0.15, 0.2) is 18.6 Å². The average Bonchev–Trinajstić information content (AvgIpc) is 3.24. The molecule has 1 saturated carbocycles. The summed E-state index contributed by atoms with van der Waals surface area (Å²) in [4.78, 5) is 8.67. The van der Waals surface area contributed by atoms with Gasteiger partial charge in [0.25, 0.3) is 0 Å². The van der Waals surface area contributed by atoms with Gasteiger partial charge in [-0.2, -0.15) is 0 Å². The molecule has 1 aliphatic carbocycles. The number of anilines is 1. The molecule has 1 saturated heterocycles. The number of nitrogens with zero attached hydrogens (tertiary/aromatic N) is 3. The first-order chi connectivity index (χ1) is 13.4. The van der Waals surface area contributed by atoms with Gasteiger partial charge in [-0.05, 0) is 44.5 Å². The molecule has 0 unspecified atom stereocenters.